The quantitative estimate of drug-likeness (QED) is 0.641. The second-order valence-corrected chi connectivity index (χ2v) is 7.52. The van der Waals surface area contributed by atoms with E-state index in [1.807, 2.05) is 24.3 Å². The molecule has 1 aliphatic carbocycles. The summed E-state index contributed by atoms with van der Waals surface area (Å²) in [7, 11) is 0. The summed E-state index contributed by atoms with van der Waals surface area (Å²) in [6.07, 6.45) is 1.99. The lowest BCUT2D eigenvalue weighted by Gasteiger charge is -2.22. The number of hydrogen-bond acceptors (Lipinski definition) is 5. The maximum Gasteiger partial charge on any atom is 0.325 e. The molecule has 7 nitrogen and oxygen atoms in total. The van der Waals surface area contributed by atoms with Crippen LogP contribution in [0.25, 0.3) is 0 Å². The molecule has 7 heteroatoms. The van der Waals surface area contributed by atoms with E-state index >= 15 is 0 Å². The van der Waals surface area contributed by atoms with Gasteiger partial charge in [-0.25, -0.2) is 4.79 Å². The second-order valence-electron chi connectivity index (χ2n) is 7.52. The van der Waals surface area contributed by atoms with Crippen LogP contribution in [-0.2, 0) is 16.8 Å². The number of Topliss-reactive ketones (excluding diaryl/α,β-unsaturated/α-hetero) is 1. The number of carbonyl (C=O) groups is 3. The van der Waals surface area contributed by atoms with Gasteiger partial charge in [0.05, 0.1) is 19.8 Å². The van der Waals surface area contributed by atoms with E-state index in [1.54, 1.807) is 18.2 Å². The molecule has 3 amide bonds. The summed E-state index contributed by atoms with van der Waals surface area (Å²) in [6.45, 7) is 0.764. The van der Waals surface area contributed by atoms with Crippen LogP contribution in [0, 0.1) is 0 Å². The third kappa shape index (κ3) is 2.76. The van der Waals surface area contributed by atoms with Gasteiger partial charge in [0, 0.05) is 12.0 Å². The first-order chi connectivity index (χ1) is 14.1. The van der Waals surface area contributed by atoms with Crippen molar-refractivity contribution in [3.63, 3.8) is 0 Å². The number of hydrogen-bond donors (Lipinski definition) is 1. The number of amides is 3. The van der Waals surface area contributed by atoms with E-state index in [2.05, 4.69) is 5.32 Å². The lowest BCUT2D eigenvalue weighted by molar-refractivity contribution is -0.131. The standard InChI is InChI=1S/C22H20N2O5/c25-17(15-6-7-18-19(12-15)29-11-3-10-28-18)13-24-20(26)22(23-21(24)27)9-8-14-4-1-2-5-16(14)22/h1-2,4-7,12H,3,8-11,13H2,(H,23,27)/t22-/m0/s1. The summed E-state index contributed by atoms with van der Waals surface area (Å²) in [5.41, 5.74) is 1.20. The fourth-order valence-electron chi connectivity index (χ4n) is 4.30. The molecule has 5 rings (SSSR count). The maximum atomic E-state index is 13.2. The number of ketones is 1. The van der Waals surface area contributed by atoms with E-state index < -0.39 is 11.6 Å². The Kier molecular flexibility index (Phi) is 4.04. The van der Waals surface area contributed by atoms with E-state index in [0.29, 0.717) is 43.1 Å². The Balaban J connectivity index is 1.39. The first-order valence-electron chi connectivity index (χ1n) is 9.74. The molecule has 1 N–H and O–H groups in total. The van der Waals surface area contributed by atoms with Crippen molar-refractivity contribution in [2.24, 2.45) is 0 Å². The normalized spacial score (nSPS) is 22.4. The van der Waals surface area contributed by atoms with Gasteiger partial charge in [0.1, 0.15) is 5.54 Å². The Morgan fingerprint density at radius 3 is 2.72 bits per heavy atom. The van der Waals surface area contributed by atoms with Crippen LogP contribution < -0.4 is 14.8 Å². The summed E-state index contributed by atoms with van der Waals surface area (Å²) in [5.74, 6) is 0.407. The highest BCUT2D eigenvalue weighted by molar-refractivity contribution is 6.12. The zero-order valence-corrected chi connectivity index (χ0v) is 15.8. The molecule has 0 aromatic heterocycles. The van der Waals surface area contributed by atoms with Crippen LogP contribution in [0.15, 0.2) is 42.5 Å². The highest BCUT2D eigenvalue weighted by atomic mass is 16.5. The Hall–Kier alpha value is -3.35. The number of ether oxygens (including phenoxy) is 2. The molecule has 29 heavy (non-hydrogen) atoms. The molecule has 1 atom stereocenters. The number of carbonyl (C=O) groups excluding carboxylic acids is 3. The van der Waals surface area contributed by atoms with E-state index in [1.165, 1.54) is 0 Å². The van der Waals surface area contributed by atoms with Gasteiger partial charge >= 0.3 is 6.03 Å². The topological polar surface area (TPSA) is 84.9 Å². The first kappa shape index (κ1) is 17.7. The van der Waals surface area contributed by atoms with Gasteiger partial charge in [-0.3, -0.25) is 14.5 Å². The fraction of sp³-hybridized carbons (Fsp3) is 0.318. The van der Waals surface area contributed by atoms with Gasteiger partial charge in [-0.05, 0) is 42.2 Å². The number of benzene rings is 2. The van der Waals surface area contributed by atoms with Gasteiger partial charge in [-0.15, -0.1) is 0 Å². The summed E-state index contributed by atoms with van der Waals surface area (Å²) < 4.78 is 11.2. The molecule has 2 aromatic carbocycles. The van der Waals surface area contributed by atoms with E-state index in [0.717, 1.165) is 22.4 Å². The molecule has 3 aliphatic rings. The predicted octanol–water partition coefficient (Wildman–Crippen LogP) is 2.42. The van der Waals surface area contributed by atoms with Crippen molar-refractivity contribution in [1.29, 1.82) is 0 Å². The zero-order chi connectivity index (χ0) is 20.0. The van der Waals surface area contributed by atoms with Crippen molar-refractivity contribution in [1.82, 2.24) is 10.2 Å². The van der Waals surface area contributed by atoms with Crippen molar-refractivity contribution in [2.45, 2.75) is 24.8 Å². The number of imide groups is 1. The number of nitrogens with zero attached hydrogens (tertiary/aromatic N) is 1. The molecule has 1 saturated heterocycles. The van der Waals surface area contributed by atoms with Crippen molar-refractivity contribution in [3.05, 3.63) is 59.2 Å². The maximum absolute atomic E-state index is 13.2. The fourth-order valence-corrected chi connectivity index (χ4v) is 4.30. The Morgan fingerprint density at radius 1 is 1.07 bits per heavy atom. The van der Waals surface area contributed by atoms with Gasteiger partial charge < -0.3 is 14.8 Å². The SMILES string of the molecule is O=C(CN1C(=O)N[C@]2(CCc3ccccc32)C1=O)c1ccc2c(c1)OCCCO2. The molecule has 0 unspecified atom stereocenters. The summed E-state index contributed by atoms with van der Waals surface area (Å²) in [4.78, 5) is 39.7. The van der Waals surface area contributed by atoms with E-state index in [-0.39, 0.29) is 18.2 Å². The van der Waals surface area contributed by atoms with Gasteiger partial charge in [-0.1, -0.05) is 24.3 Å². The van der Waals surface area contributed by atoms with Crippen LogP contribution in [0.2, 0.25) is 0 Å². The van der Waals surface area contributed by atoms with Crippen LogP contribution in [0.5, 0.6) is 11.5 Å². The lowest BCUT2D eigenvalue weighted by Crippen LogP contribution is -2.42. The van der Waals surface area contributed by atoms with E-state index in [4.69, 9.17) is 9.47 Å². The highest BCUT2D eigenvalue weighted by Gasteiger charge is 2.55. The molecule has 1 fully saturated rings. The molecule has 0 bridgehead atoms. The third-order valence-corrected chi connectivity index (χ3v) is 5.79. The number of nitrogens with one attached hydrogen (secondary N) is 1. The minimum atomic E-state index is -1.06. The van der Waals surface area contributed by atoms with Gasteiger partial charge in [0.2, 0.25) is 0 Å². The van der Waals surface area contributed by atoms with Crippen LogP contribution in [0.1, 0.15) is 34.3 Å². The summed E-state index contributed by atoms with van der Waals surface area (Å²) in [5, 5.41) is 2.84. The number of rotatable bonds is 3. The Labute approximate surface area is 167 Å². The minimum absolute atomic E-state index is 0.311. The molecule has 0 radical (unpaired) electrons. The molecular weight excluding hydrogens is 372 g/mol. The molecule has 2 aliphatic heterocycles. The number of fused-ring (bicyclic) bond motifs is 3. The summed E-state index contributed by atoms with van der Waals surface area (Å²) >= 11 is 0. The average molecular weight is 392 g/mol. The molecular formula is C22H20N2O5. The van der Waals surface area contributed by atoms with Gasteiger partial charge in [0.25, 0.3) is 5.91 Å². The predicted molar refractivity (Wildman–Crippen MR) is 103 cm³/mol. The smallest absolute Gasteiger partial charge is 0.325 e. The van der Waals surface area contributed by atoms with Crippen molar-refractivity contribution >= 4 is 17.7 Å². The molecule has 0 saturated carbocycles. The van der Waals surface area contributed by atoms with Crippen LogP contribution in [0.4, 0.5) is 4.79 Å². The monoisotopic (exact) mass is 392 g/mol. The largest absolute Gasteiger partial charge is 0.490 e. The summed E-state index contributed by atoms with van der Waals surface area (Å²) in [6, 6.07) is 12.0. The van der Waals surface area contributed by atoms with Crippen LogP contribution >= 0.6 is 0 Å². The van der Waals surface area contributed by atoms with Crippen molar-refractivity contribution in [3.8, 4) is 11.5 Å². The number of aryl methyl sites for hydroxylation is 1. The number of urea groups is 1. The lowest BCUT2D eigenvalue weighted by atomic mass is 9.92. The molecule has 148 valence electrons. The average Bonchev–Trinajstić information content (AvgIpc) is 3.09. The Morgan fingerprint density at radius 2 is 1.86 bits per heavy atom. The van der Waals surface area contributed by atoms with E-state index in [9.17, 15) is 14.4 Å². The van der Waals surface area contributed by atoms with Gasteiger partial charge in [0.15, 0.2) is 17.3 Å². The second kappa shape index (κ2) is 6.62. The van der Waals surface area contributed by atoms with Crippen molar-refractivity contribution < 1.29 is 23.9 Å². The van der Waals surface area contributed by atoms with Crippen LogP contribution in [0.3, 0.4) is 0 Å². The van der Waals surface area contributed by atoms with Crippen LogP contribution in [-0.4, -0.2) is 42.4 Å². The zero-order valence-electron chi connectivity index (χ0n) is 15.8. The molecule has 2 aromatic rings. The van der Waals surface area contributed by atoms with Gasteiger partial charge in [-0.2, -0.15) is 0 Å². The molecule has 2 heterocycles. The highest BCUT2D eigenvalue weighted by Crippen LogP contribution is 2.41. The van der Waals surface area contributed by atoms with Crippen molar-refractivity contribution in [2.75, 3.05) is 19.8 Å². The Bertz CT molecular complexity index is 1030. The third-order valence-electron chi connectivity index (χ3n) is 5.79. The first-order valence-corrected chi connectivity index (χ1v) is 9.74. The molecule has 1 spiro atoms. The minimum Gasteiger partial charge on any atom is -0.490 e.